The molecule has 1 atom stereocenters. The van der Waals surface area contributed by atoms with Gasteiger partial charge in [-0.15, -0.1) is 0 Å². The molecule has 0 saturated carbocycles. The van der Waals surface area contributed by atoms with E-state index in [1.807, 2.05) is 0 Å². The van der Waals surface area contributed by atoms with Gasteiger partial charge in [-0.3, -0.25) is 4.79 Å². The summed E-state index contributed by atoms with van der Waals surface area (Å²) in [6.45, 7) is 2.66. The molecule has 0 radical (unpaired) electrons. The Morgan fingerprint density at radius 2 is 1.63 bits per heavy atom. The van der Waals surface area contributed by atoms with Crippen LogP contribution in [0.25, 0.3) is 0 Å². The van der Waals surface area contributed by atoms with Gasteiger partial charge >= 0.3 is 5.97 Å². The first-order valence-corrected chi connectivity index (χ1v) is 7.64. The first-order chi connectivity index (χ1) is 9.16. The molecule has 0 amide bonds. The number of ether oxygens (including phenoxy) is 1. The van der Waals surface area contributed by atoms with Gasteiger partial charge in [0.25, 0.3) is 0 Å². The van der Waals surface area contributed by atoms with Crippen LogP contribution in [-0.4, -0.2) is 35.5 Å². The van der Waals surface area contributed by atoms with E-state index in [1.54, 1.807) is 0 Å². The summed E-state index contributed by atoms with van der Waals surface area (Å²) in [5.74, 6) is -0.863. The van der Waals surface area contributed by atoms with Gasteiger partial charge in [-0.25, -0.2) is 0 Å². The smallest absolute Gasteiger partial charge is 0.305 e. The van der Waals surface area contributed by atoms with Gasteiger partial charge in [0.2, 0.25) is 0 Å². The van der Waals surface area contributed by atoms with Crippen molar-refractivity contribution in [2.24, 2.45) is 0 Å². The van der Waals surface area contributed by atoms with Gasteiger partial charge in [0.05, 0.1) is 25.7 Å². The van der Waals surface area contributed by atoms with Crippen LogP contribution >= 0.6 is 0 Å². The second-order valence-electron chi connectivity index (χ2n) is 5.14. The van der Waals surface area contributed by atoms with E-state index in [0.29, 0.717) is 0 Å². The minimum atomic E-state index is -0.863. The van der Waals surface area contributed by atoms with E-state index in [2.05, 4.69) is 6.92 Å². The molecular formula is C15H30O4. The highest BCUT2D eigenvalue weighted by Gasteiger charge is 2.04. The Bertz CT molecular complexity index is 206. The molecule has 0 aliphatic carbocycles. The van der Waals surface area contributed by atoms with E-state index in [-0.39, 0.29) is 19.6 Å². The van der Waals surface area contributed by atoms with Crippen molar-refractivity contribution < 1.29 is 19.7 Å². The highest BCUT2D eigenvalue weighted by atomic mass is 16.5. The SMILES string of the molecule is CCCCCCCCCCC(O)COCCC(=O)O. The maximum absolute atomic E-state index is 10.2. The van der Waals surface area contributed by atoms with Crippen molar-refractivity contribution in [1.29, 1.82) is 0 Å². The highest BCUT2D eigenvalue weighted by molar-refractivity contribution is 5.66. The van der Waals surface area contributed by atoms with Crippen LogP contribution in [0.3, 0.4) is 0 Å². The van der Waals surface area contributed by atoms with Crippen LogP contribution in [0.15, 0.2) is 0 Å². The Kier molecular flexibility index (Phi) is 13.4. The normalized spacial score (nSPS) is 12.5. The summed E-state index contributed by atoms with van der Waals surface area (Å²) in [5, 5.41) is 18.0. The van der Waals surface area contributed by atoms with Gasteiger partial charge in [-0.2, -0.15) is 0 Å². The van der Waals surface area contributed by atoms with Crippen molar-refractivity contribution in [3.63, 3.8) is 0 Å². The molecule has 0 heterocycles. The largest absolute Gasteiger partial charge is 0.481 e. The number of carbonyl (C=O) groups is 1. The summed E-state index contributed by atoms with van der Waals surface area (Å²) in [7, 11) is 0. The minimum absolute atomic E-state index is 0.00444. The van der Waals surface area contributed by atoms with Gasteiger partial charge in [-0.05, 0) is 6.42 Å². The number of carboxylic acids is 1. The zero-order valence-electron chi connectivity index (χ0n) is 12.3. The first-order valence-electron chi connectivity index (χ1n) is 7.64. The van der Waals surface area contributed by atoms with Gasteiger partial charge in [0.15, 0.2) is 0 Å². The fraction of sp³-hybridized carbons (Fsp3) is 0.933. The predicted molar refractivity (Wildman–Crippen MR) is 76.3 cm³/mol. The van der Waals surface area contributed by atoms with Crippen molar-refractivity contribution in [2.45, 2.75) is 77.2 Å². The van der Waals surface area contributed by atoms with Gasteiger partial charge in [0.1, 0.15) is 0 Å². The van der Waals surface area contributed by atoms with Crippen LogP contribution in [0.4, 0.5) is 0 Å². The molecular weight excluding hydrogens is 244 g/mol. The average Bonchev–Trinajstić information content (AvgIpc) is 2.37. The summed E-state index contributed by atoms with van der Waals surface area (Å²) < 4.78 is 5.10. The van der Waals surface area contributed by atoms with Crippen LogP contribution in [0.2, 0.25) is 0 Å². The molecule has 0 saturated heterocycles. The van der Waals surface area contributed by atoms with Gasteiger partial charge in [-0.1, -0.05) is 58.3 Å². The summed E-state index contributed by atoms with van der Waals surface area (Å²) >= 11 is 0. The average molecular weight is 274 g/mol. The van der Waals surface area contributed by atoms with E-state index in [0.717, 1.165) is 19.3 Å². The second-order valence-corrected chi connectivity index (χ2v) is 5.14. The third-order valence-corrected chi connectivity index (χ3v) is 3.16. The van der Waals surface area contributed by atoms with Crippen LogP contribution < -0.4 is 0 Å². The van der Waals surface area contributed by atoms with Crippen molar-refractivity contribution in [2.75, 3.05) is 13.2 Å². The Balaban J connectivity index is 3.15. The molecule has 0 fully saturated rings. The standard InChI is InChI=1S/C15H30O4/c1-2-3-4-5-6-7-8-9-10-14(16)13-19-12-11-15(17)18/h14,16H,2-13H2,1H3,(H,17,18). The molecule has 4 heteroatoms. The predicted octanol–water partition coefficient (Wildman–Crippen LogP) is 3.37. The summed E-state index contributed by atoms with van der Waals surface area (Å²) in [5.41, 5.74) is 0. The quantitative estimate of drug-likeness (QED) is 0.477. The lowest BCUT2D eigenvalue weighted by molar-refractivity contribution is -0.138. The van der Waals surface area contributed by atoms with E-state index in [1.165, 1.54) is 38.5 Å². The monoisotopic (exact) mass is 274 g/mol. The van der Waals surface area contributed by atoms with Crippen molar-refractivity contribution in [3.8, 4) is 0 Å². The van der Waals surface area contributed by atoms with Gasteiger partial charge < -0.3 is 14.9 Å². The van der Waals surface area contributed by atoms with Crippen molar-refractivity contribution >= 4 is 5.97 Å². The number of rotatable bonds is 14. The summed E-state index contributed by atoms with van der Waals surface area (Å²) in [4.78, 5) is 10.2. The van der Waals surface area contributed by atoms with E-state index >= 15 is 0 Å². The van der Waals surface area contributed by atoms with Crippen LogP contribution in [-0.2, 0) is 9.53 Å². The zero-order chi connectivity index (χ0) is 14.3. The fourth-order valence-corrected chi connectivity index (χ4v) is 1.98. The number of hydrogen-bond donors (Lipinski definition) is 2. The second kappa shape index (κ2) is 13.8. The molecule has 0 aromatic heterocycles. The molecule has 2 N–H and O–H groups in total. The topological polar surface area (TPSA) is 66.8 Å². The first kappa shape index (κ1) is 18.4. The molecule has 1 unspecified atom stereocenters. The number of unbranched alkanes of at least 4 members (excludes halogenated alkanes) is 7. The molecule has 0 aromatic rings. The maximum Gasteiger partial charge on any atom is 0.305 e. The molecule has 0 spiro atoms. The van der Waals surface area contributed by atoms with E-state index < -0.39 is 12.1 Å². The van der Waals surface area contributed by atoms with E-state index in [9.17, 15) is 9.90 Å². The third kappa shape index (κ3) is 15.3. The van der Waals surface area contributed by atoms with E-state index in [4.69, 9.17) is 9.84 Å². The number of aliphatic hydroxyl groups excluding tert-OH is 1. The lowest BCUT2D eigenvalue weighted by Gasteiger charge is -2.10. The molecule has 114 valence electrons. The Hall–Kier alpha value is -0.610. The lowest BCUT2D eigenvalue weighted by Crippen LogP contribution is -2.16. The molecule has 4 nitrogen and oxygen atoms in total. The number of aliphatic hydroxyl groups is 1. The molecule has 0 aliphatic rings. The zero-order valence-corrected chi connectivity index (χ0v) is 12.3. The molecule has 0 bridgehead atoms. The molecule has 0 aromatic carbocycles. The number of hydrogen-bond acceptors (Lipinski definition) is 3. The summed E-state index contributed by atoms with van der Waals surface area (Å²) in [6, 6.07) is 0. The van der Waals surface area contributed by atoms with Crippen LogP contribution in [0.1, 0.15) is 71.1 Å². The lowest BCUT2D eigenvalue weighted by atomic mass is 10.1. The minimum Gasteiger partial charge on any atom is -0.481 e. The molecule has 19 heavy (non-hydrogen) atoms. The van der Waals surface area contributed by atoms with Crippen LogP contribution in [0, 0.1) is 0 Å². The maximum atomic E-state index is 10.2. The molecule has 0 rings (SSSR count). The highest BCUT2D eigenvalue weighted by Crippen LogP contribution is 2.10. The van der Waals surface area contributed by atoms with Gasteiger partial charge in [0, 0.05) is 0 Å². The van der Waals surface area contributed by atoms with Crippen LogP contribution in [0.5, 0.6) is 0 Å². The Morgan fingerprint density at radius 1 is 1.05 bits per heavy atom. The van der Waals surface area contributed by atoms with Crippen molar-refractivity contribution in [3.05, 3.63) is 0 Å². The number of aliphatic carboxylic acids is 1. The third-order valence-electron chi connectivity index (χ3n) is 3.16. The van der Waals surface area contributed by atoms with Crippen molar-refractivity contribution in [1.82, 2.24) is 0 Å². The fourth-order valence-electron chi connectivity index (χ4n) is 1.98. The molecule has 0 aliphatic heterocycles. The Labute approximate surface area is 117 Å². The summed E-state index contributed by atoms with van der Waals surface area (Å²) in [6.07, 6.45) is 10.3. The Morgan fingerprint density at radius 3 is 2.21 bits per heavy atom. The number of carboxylic acid groups (broad SMARTS) is 1.